The molecule has 9 heteroatoms. The Balaban J connectivity index is 2.11. The average Bonchev–Trinajstić information content (AvgIpc) is 2.70. The van der Waals surface area contributed by atoms with Gasteiger partial charge in [0.05, 0.1) is 17.2 Å². The van der Waals surface area contributed by atoms with E-state index in [-0.39, 0.29) is 17.8 Å². The maximum Gasteiger partial charge on any atom is 0.326 e. The van der Waals surface area contributed by atoms with Gasteiger partial charge in [-0.05, 0) is 48.9 Å². The topological polar surface area (TPSA) is 70.7 Å². The molecule has 0 heterocycles. The van der Waals surface area contributed by atoms with E-state index < -0.39 is 0 Å². The minimum Gasteiger partial charge on any atom is -0.497 e. The van der Waals surface area contributed by atoms with Gasteiger partial charge in [-0.15, -0.1) is 11.6 Å². The molecule has 0 spiro atoms. The van der Waals surface area contributed by atoms with Crippen molar-refractivity contribution in [3.05, 3.63) is 52.5 Å². The van der Waals surface area contributed by atoms with Crippen molar-refractivity contribution in [1.82, 2.24) is 5.32 Å². The van der Waals surface area contributed by atoms with Gasteiger partial charge in [0.25, 0.3) is 0 Å². The number of carbonyl (C=O) groups is 2. The van der Waals surface area contributed by atoms with Crippen LogP contribution in [0, 0.1) is 0 Å². The SMILES string of the molecule is COc1ccc(N(CCCNC(=O)CCl)C(=O)Nc2ccc(Cl)c(Cl)c2)cc1. The Labute approximate surface area is 178 Å². The van der Waals surface area contributed by atoms with Gasteiger partial charge in [0, 0.05) is 24.5 Å². The Hall–Kier alpha value is -2.15. The maximum atomic E-state index is 12.8. The summed E-state index contributed by atoms with van der Waals surface area (Å²) in [5, 5.41) is 6.23. The van der Waals surface area contributed by atoms with Crippen LogP contribution in [0.3, 0.4) is 0 Å². The summed E-state index contributed by atoms with van der Waals surface area (Å²) in [6, 6.07) is 11.6. The van der Waals surface area contributed by atoms with E-state index in [0.29, 0.717) is 46.7 Å². The Morgan fingerprint density at radius 3 is 2.39 bits per heavy atom. The number of urea groups is 1. The van der Waals surface area contributed by atoms with E-state index in [0.717, 1.165) is 0 Å². The minimum absolute atomic E-state index is 0.0972. The molecule has 0 aliphatic carbocycles. The standard InChI is InChI=1S/C19H20Cl3N3O3/c1-28-15-6-4-14(5-7-15)25(10-2-9-23-18(26)12-20)19(27)24-13-3-8-16(21)17(22)11-13/h3-8,11H,2,9-10,12H2,1H3,(H,23,26)(H,24,27). The van der Waals surface area contributed by atoms with E-state index in [1.54, 1.807) is 54.5 Å². The van der Waals surface area contributed by atoms with Gasteiger partial charge in [0.15, 0.2) is 0 Å². The number of alkyl halides is 1. The number of anilines is 2. The Bertz CT molecular complexity index is 816. The number of methoxy groups -OCH3 is 1. The van der Waals surface area contributed by atoms with Gasteiger partial charge in [-0.3, -0.25) is 9.69 Å². The largest absolute Gasteiger partial charge is 0.497 e. The first-order chi connectivity index (χ1) is 13.4. The van der Waals surface area contributed by atoms with Crippen LogP contribution in [0.4, 0.5) is 16.2 Å². The van der Waals surface area contributed by atoms with Crippen molar-refractivity contribution in [2.75, 3.05) is 36.3 Å². The first-order valence-corrected chi connectivity index (χ1v) is 9.74. The minimum atomic E-state index is -0.341. The molecule has 6 nitrogen and oxygen atoms in total. The first kappa shape index (κ1) is 22.1. The molecule has 3 amide bonds. The second-order valence-electron chi connectivity index (χ2n) is 5.75. The molecule has 0 saturated heterocycles. The molecule has 2 aromatic carbocycles. The van der Waals surface area contributed by atoms with Gasteiger partial charge in [0.2, 0.25) is 5.91 Å². The highest BCUT2D eigenvalue weighted by Crippen LogP contribution is 2.26. The number of nitrogens with zero attached hydrogens (tertiary/aromatic N) is 1. The number of carbonyl (C=O) groups excluding carboxylic acids is 2. The molecule has 0 aromatic heterocycles. The van der Waals surface area contributed by atoms with Crippen LogP contribution in [-0.4, -0.2) is 38.0 Å². The van der Waals surface area contributed by atoms with Crippen molar-refractivity contribution in [2.24, 2.45) is 0 Å². The smallest absolute Gasteiger partial charge is 0.326 e. The van der Waals surface area contributed by atoms with Crippen molar-refractivity contribution in [2.45, 2.75) is 6.42 Å². The normalized spacial score (nSPS) is 10.3. The number of amides is 3. The maximum absolute atomic E-state index is 12.8. The van der Waals surface area contributed by atoms with Gasteiger partial charge in [-0.2, -0.15) is 0 Å². The van der Waals surface area contributed by atoms with E-state index in [1.165, 1.54) is 0 Å². The third kappa shape index (κ3) is 6.48. The van der Waals surface area contributed by atoms with Crippen molar-refractivity contribution >= 4 is 58.1 Å². The molecular formula is C19H20Cl3N3O3. The zero-order chi connectivity index (χ0) is 20.5. The summed E-state index contributed by atoms with van der Waals surface area (Å²) in [6.07, 6.45) is 0.545. The molecule has 150 valence electrons. The fourth-order valence-corrected chi connectivity index (χ4v) is 2.78. The highest BCUT2D eigenvalue weighted by atomic mass is 35.5. The van der Waals surface area contributed by atoms with Crippen LogP contribution in [0.2, 0.25) is 10.0 Å². The summed E-state index contributed by atoms with van der Waals surface area (Å²) in [6.45, 7) is 0.778. The lowest BCUT2D eigenvalue weighted by molar-refractivity contribution is -0.118. The summed E-state index contributed by atoms with van der Waals surface area (Å²) < 4.78 is 5.16. The van der Waals surface area contributed by atoms with Gasteiger partial charge >= 0.3 is 6.03 Å². The lowest BCUT2D eigenvalue weighted by atomic mass is 10.2. The molecule has 0 fully saturated rings. The summed E-state index contributed by atoms with van der Waals surface area (Å²) >= 11 is 17.4. The van der Waals surface area contributed by atoms with Gasteiger partial charge < -0.3 is 15.4 Å². The second kappa shape index (κ2) is 11.0. The molecule has 0 aliphatic rings. The third-order valence-corrected chi connectivity index (χ3v) is 4.78. The van der Waals surface area contributed by atoms with Crippen LogP contribution in [0.15, 0.2) is 42.5 Å². The predicted octanol–water partition coefficient (Wildman–Crippen LogP) is 4.79. The van der Waals surface area contributed by atoms with Crippen molar-refractivity contribution in [3.63, 3.8) is 0 Å². The number of nitrogens with one attached hydrogen (secondary N) is 2. The van der Waals surface area contributed by atoms with Crippen LogP contribution in [0.25, 0.3) is 0 Å². The van der Waals surface area contributed by atoms with E-state index in [4.69, 9.17) is 39.5 Å². The fourth-order valence-electron chi connectivity index (χ4n) is 2.39. The summed E-state index contributed by atoms with van der Waals surface area (Å²) in [4.78, 5) is 25.7. The molecule has 28 heavy (non-hydrogen) atoms. The molecule has 0 aliphatic heterocycles. The van der Waals surface area contributed by atoms with Crippen molar-refractivity contribution in [3.8, 4) is 5.75 Å². The molecule has 2 N–H and O–H groups in total. The number of benzene rings is 2. The van der Waals surface area contributed by atoms with Crippen LogP contribution < -0.4 is 20.3 Å². The molecule has 0 atom stereocenters. The highest BCUT2D eigenvalue weighted by Gasteiger charge is 2.16. The van der Waals surface area contributed by atoms with Crippen LogP contribution in [-0.2, 0) is 4.79 Å². The molecule has 0 unspecified atom stereocenters. The number of ether oxygens (including phenoxy) is 1. The van der Waals surface area contributed by atoms with Crippen LogP contribution in [0.1, 0.15) is 6.42 Å². The third-order valence-electron chi connectivity index (χ3n) is 3.80. The summed E-state index contributed by atoms with van der Waals surface area (Å²) in [5.74, 6) is 0.334. The molecule has 2 aromatic rings. The van der Waals surface area contributed by atoms with Crippen molar-refractivity contribution in [1.29, 1.82) is 0 Å². The van der Waals surface area contributed by atoms with Crippen LogP contribution in [0.5, 0.6) is 5.75 Å². The number of hydrogen-bond acceptors (Lipinski definition) is 3. The van der Waals surface area contributed by atoms with Gasteiger partial charge in [-0.25, -0.2) is 4.79 Å². The monoisotopic (exact) mass is 443 g/mol. The molecular weight excluding hydrogens is 425 g/mol. The summed E-state index contributed by atoms with van der Waals surface area (Å²) in [5.41, 5.74) is 1.20. The molecule has 2 rings (SSSR count). The molecule has 0 bridgehead atoms. The lowest BCUT2D eigenvalue weighted by Gasteiger charge is -2.24. The second-order valence-corrected chi connectivity index (χ2v) is 6.83. The van der Waals surface area contributed by atoms with Crippen LogP contribution >= 0.6 is 34.8 Å². The molecule has 0 saturated carbocycles. The quantitative estimate of drug-likeness (QED) is 0.454. The Morgan fingerprint density at radius 2 is 1.79 bits per heavy atom. The number of halogens is 3. The fraction of sp³-hybridized carbons (Fsp3) is 0.263. The number of rotatable bonds is 8. The Kier molecular flexibility index (Phi) is 8.70. The zero-order valence-corrected chi connectivity index (χ0v) is 17.4. The predicted molar refractivity (Wildman–Crippen MR) is 114 cm³/mol. The first-order valence-electron chi connectivity index (χ1n) is 8.45. The van der Waals surface area contributed by atoms with E-state index >= 15 is 0 Å². The van der Waals surface area contributed by atoms with Crippen molar-refractivity contribution < 1.29 is 14.3 Å². The number of hydrogen-bond donors (Lipinski definition) is 2. The van der Waals surface area contributed by atoms with E-state index in [2.05, 4.69) is 10.6 Å². The zero-order valence-electron chi connectivity index (χ0n) is 15.2. The molecule has 0 radical (unpaired) electrons. The Morgan fingerprint density at radius 1 is 1.07 bits per heavy atom. The van der Waals surface area contributed by atoms with E-state index in [1.807, 2.05) is 0 Å². The van der Waals surface area contributed by atoms with Gasteiger partial charge in [0.1, 0.15) is 11.6 Å². The van der Waals surface area contributed by atoms with E-state index in [9.17, 15) is 9.59 Å². The highest BCUT2D eigenvalue weighted by molar-refractivity contribution is 6.42. The van der Waals surface area contributed by atoms with Gasteiger partial charge in [-0.1, -0.05) is 23.2 Å². The average molecular weight is 445 g/mol. The summed E-state index contributed by atoms with van der Waals surface area (Å²) in [7, 11) is 1.57. The lowest BCUT2D eigenvalue weighted by Crippen LogP contribution is -2.37.